The van der Waals surface area contributed by atoms with Gasteiger partial charge in [-0.2, -0.15) is 0 Å². The Kier molecular flexibility index (Phi) is 3.81. The molecular formula is C13H18N2O3. The van der Waals surface area contributed by atoms with Gasteiger partial charge in [0.15, 0.2) is 0 Å². The summed E-state index contributed by atoms with van der Waals surface area (Å²) in [4.78, 5) is 25.6. The van der Waals surface area contributed by atoms with Crippen LogP contribution in [0.1, 0.15) is 37.0 Å². The van der Waals surface area contributed by atoms with E-state index in [-0.39, 0.29) is 29.7 Å². The number of carbonyl (C=O) groups excluding carboxylic acids is 1. The van der Waals surface area contributed by atoms with Crippen LogP contribution < -0.4 is 10.9 Å². The van der Waals surface area contributed by atoms with Crippen molar-refractivity contribution in [2.45, 2.75) is 44.9 Å². The molecule has 18 heavy (non-hydrogen) atoms. The van der Waals surface area contributed by atoms with Crippen LogP contribution in [0.5, 0.6) is 0 Å². The monoisotopic (exact) mass is 250 g/mol. The summed E-state index contributed by atoms with van der Waals surface area (Å²) in [6.07, 6.45) is 3.39. The van der Waals surface area contributed by atoms with Crippen LogP contribution in [0, 0.1) is 0 Å². The fourth-order valence-electron chi connectivity index (χ4n) is 2.38. The van der Waals surface area contributed by atoms with Gasteiger partial charge in [-0.1, -0.05) is 0 Å². The fourth-order valence-corrected chi connectivity index (χ4v) is 2.38. The zero-order valence-electron chi connectivity index (χ0n) is 10.6. The number of carbonyl (C=O) groups is 1. The van der Waals surface area contributed by atoms with E-state index in [2.05, 4.69) is 10.3 Å². The molecule has 1 aromatic heterocycles. The SMILES string of the molecule is CC1CC(NC(=O)c2cc[nH]c(=O)c2)CC(C)O1. The minimum atomic E-state index is -0.267. The number of amides is 1. The zero-order chi connectivity index (χ0) is 13.1. The van der Waals surface area contributed by atoms with Crippen molar-refractivity contribution >= 4 is 5.91 Å². The summed E-state index contributed by atoms with van der Waals surface area (Å²) < 4.78 is 5.62. The third-order valence-corrected chi connectivity index (χ3v) is 3.07. The van der Waals surface area contributed by atoms with Crippen LogP contribution in [0.2, 0.25) is 0 Å². The van der Waals surface area contributed by atoms with Gasteiger partial charge in [0.05, 0.1) is 12.2 Å². The minimum absolute atomic E-state index is 0.107. The van der Waals surface area contributed by atoms with Crippen molar-refractivity contribution in [3.05, 3.63) is 34.2 Å². The second kappa shape index (κ2) is 5.35. The molecule has 2 N–H and O–H groups in total. The van der Waals surface area contributed by atoms with Gasteiger partial charge in [-0.05, 0) is 32.8 Å². The van der Waals surface area contributed by atoms with Crippen LogP contribution in [0.3, 0.4) is 0 Å². The van der Waals surface area contributed by atoms with Crippen LogP contribution in [-0.4, -0.2) is 29.1 Å². The van der Waals surface area contributed by atoms with Crippen LogP contribution in [-0.2, 0) is 4.74 Å². The lowest BCUT2D eigenvalue weighted by atomic mass is 9.99. The largest absolute Gasteiger partial charge is 0.375 e. The van der Waals surface area contributed by atoms with Crippen molar-refractivity contribution in [1.29, 1.82) is 0 Å². The Morgan fingerprint density at radius 2 is 2.06 bits per heavy atom. The van der Waals surface area contributed by atoms with Crippen LogP contribution >= 0.6 is 0 Å². The topological polar surface area (TPSA) is 71.2 Å². The van der Waals surface area contributed by atoms with Crippen molar-refractivity contribution < 1.29 is 9.53 Å². The van der Waals surface area contributed by atoms with Gasteiger partial charge in [-0.15, -0.1) is 0 Å². The first-order chi connectivity index (χ1) is 8.54. The van der Waals surface area contributed by atoms with Crippen molar-refractivity contribution in [1.82, 2.24) is 10.3 Å². The first kappa shape index (κ1) is 12.8. The molecule has 0 aromatic carbocycles. The summed E-state index contributed by atoms with van der Waals surface area (Å²) in [5.41, 5.74) is 0.127. The number of nitrogens with one attached hydrogen (secondary N) is 2. The maximum absolute atomic E-state index is 12.0. The van der Waals surface area contributed by atoms with Gasteiger partial charge in [-0.3, -0.25) is 9.59 Å². The van der Waals surface area contributed by atoms with E-state index in [0.717, 1.165) is 12.8 Å². The van der Waals surface area contributed by atoms with Crippen LogP contribution in [0.25, 0.3) is 0 Å². The van der Waals surface area contributed by atoms with Crippen molar-refractivity contribution in [2.75, 3.05) is 0 Å². The lowest BCUT2D eigenvalue weighted by Crippen LogP contribution is -2.44. The highest BCUT2D eigenvalue weighted by atomic mass is 16.5. The highest BCUT2D eigenvalue weighted by molar-refractivity contribution is 5.94. The van der Waals surface area contributed by atoms with Crippen molar-refractivity contribution in [3.63, 3.8) is 0 Å². The molecule has 2 heterocycles. The molecule has 5 heteroatoms. The van der Waals surface area contributed by atoms with E-state index in [1.54, 1.807) is 6.07 Å². The van der Waals surface area contributed by atoms with E-state index in [9.17, 15) is 9.59 Å². The molecular weight excluding hydrogens is 232 g/mol. The molecule has 1 aromatic rings. The average Bonchev–Trinajstić information content (AvgIpc) is 2.27. The molecule has 0 saturated carbocycles. The van der Waals surface area contributed by atoms with E-state index in [0.29, 0.717) is 5.56 Å². The Morgan fingerprint density at radius 1 is 1.39 bits per heavy atom. The second-order valence-electron chi connectivity index (χ2n) is 4.84. The molecule has 1 saturated heterocycles. The Morgan fingerprint density at radius 3 is 2.67 bits per heavy atom. The van der Waals surface area contributed by atoms with E-state index < -0.39 is 0 Å². The average molecular weight is 250 g/mol. The molecule has 5 nitrogen and oxygen atoms in total. The van der Waals surface area contributed by atoms with Gasteiger partial charge in [0.2, 0.25) is 5.56 Å². The van der Waals surface area contributed by atoms with E-state index >= 15 is 0 Å². The molecule has 2 unspecified atom stereocenters. The van der Waals surface area contributed by atoms with Gasteiger partial charge in [0.25, 0.3) is 5.91 Å². The maximum Gasteiger partial charge on any atom is 0.251 e. The highest BCUT2D eigenvalue weighted by Gasteiger charge is 2.25. The van der Waals surface area contributed by atoms with E-state index in [1.807, 2.05) is 13.8 Å². The third-order valence-electron chi connectivity index (χ3n) is 3.07. The van der Waals surface area contributed by atoms with Gasteiger partial charge in [0, 0.05) is 23.9 Å². The number of rotatable bonds is 2. The molecule has 0 spiro atoms. The smallest absolute Gasteiger partial charge is 0.251 e. The lowest BCUT2D eigenvalue weighted by molar-refractivity contribution is -0.0408. The predicted molar refractivity (Wildman–Crippen MR) is 67.6 cm³/mol. The molecule has 2 atom stereocenters. The maximum atomic E-state index is 12.0. The van der Waals surface area contributed by atoms with Crippen LogP contribution in [0.4, 0.5) is 0 Å². The second-order valence-corrected chi connectivity index (χ2v) is 4.84. The molecule has 0 radical (unpaired) electrons. The number of aromatic amines is 1. The molecule has 1 aliphatic rings. The molecule has 0 aliphatic carbocycles. The fraction of sp³-hybridized carbons (Fsp3) is 0.538. The predicted octanol–water partition coefficient (Wildman–Crippen LogP) is 1.06. The molecule has 1 aliphatic heterocycles. The first-order valence-electron chi connectivity index (χ1n) is 6.19. The first-order valence-corrected chi connectivity index (χ1v) is 6.19. The molecule has 2 rings (SSSR count). The molecule has 0 bridgehead atoms. The van der Waals surface area contributed by atoms with Crippen molar-refractivity contribution in [3.8, 4) is 0 Å². The molecule has 98 valence electrons. The minimum Gasteiger partial charge on any atom is -0.375 e. The Labute approximate surface area is 106 Å². The summed E-state index contributed by atoms with van der Waals surface area (Å²) >= 11 is 0. The number of ether oxygens (including phenoxy) is 1. The molecule has 1 amide bonds. The number of hydrogen-bond acceptors (Lipinski definition) is 3. The zero-order valence-corrected chi connectivity index (χ0v) is 10.6. The van der Waals surface area contributed by atoms with Gasteiger partial charge in [-0.25, -0.2) is 0 Å². The Balaban J connectivity index is 2.01. The normalized spacial score (nSPS) is 27.8. The summed E-state index contributed by atoms with van der Waals surface area (Å²) in [5, 5.41) is 2.95. The van der Waals surface area contributed by atoms with Gasteiger partial charge >= 0.3 is 0 Å². The summed E-state index contributed by atoms with van der Waals surface area (Å²) in [6, 6.07) is 3.01. The standard InChI is InChI=1S/C13H18N2O3/c1-8-5-11(6-9(2)18-8)15-13(17)10-3-4-14-12(16)7-10/h3-4,7-9,11H,5-6H2,1-2H3,(H,14,16)(H,15,17). The Bertz CT molecular complexity index is 473. The summed E-state index contributed by atoms with van der Waals surface area (Å²) in [5.74, 6) is -0.201. The number of hydrogen-bond donors (Lipinski definition) is 2. The third kappa shape index (κ3) is 3.20. The summed E-state index contributed by atoms with van der Waals surface area (Å²) in [7, 11) is 0. The molecule has 1 fully saturated rings. The quantitative estimate of drug-likeness (QED) is 0.824. The number of aromatic nitrogens is 1. The van der Waals surface area contributed by atoms with Crippen LogP contribution in [0.15, 0.2) is 23.1 Å². The van der Waals surface area contributed by atoms with Gasteiger partial charge in [0.1, 0.15) is 0 Å². The summed E-state index contributed by atoms with van der Waals surface area (Å²) in [6.45, 7) is 4.00. The highest BCUT2D eigenvalue weighted by Crippen LogP contribution is 2.19. The Hall–Kier alpha value is -1.62. The number of pyridine rings is 1. The van der Waals surface area contributed by atoms with E-state index in [4.69, 9.17) is 4.74 Å². The van der Waals surface area contributed by atoms with Crippen molar-refractivity contribution in [2.24, 2.45) is 0 Å². The van der Waals surface area contributed by atoms with E-state index in [1.165, 1.54) is 12.3 Å². The lowest BCUT2D eigenvalue weighted by Gasteiger charge is -2.32. The number of H-pyrrole nitrogens is 1. The van der Waals surface area contributed by atoms with Gasteiger partial charge < -0.3 is 15.0 Å².